The van der Waals surface area contributed by atoms with Crippen LogP contribution in [0.3, 0.4) is 0 Å². The van der Waals surface area contributed by atoms with Crippen molar-refractivity contribution in [3.8, 4) is 22.8 Å². The SMILES string of the molecule is c1ccc(-n2c(-c3cccc([Si]4(c5ccc6ccc7cccnc7c6n5)c5ccccc5-n5c4nc4ccccc45)c3)nc3ccccc32)cc1. The van der Waals surface area contributed by atoms with Gasteiger partial charge in [-0.15, -0.1) is 0 Å². The quantitative estimate of drug-likeness (QED) is 0.153. The van der Waals surface area contributed by atoms with Gasteiger partial charge in [-0.1, -0.05) is 109 Å². The van der Waals surface area contributed by atoms with E-state index in [0.717, 1.165) is 77.4 Å². The van der Waals surface area contributed by atoms with Gasteiger partial charge in [0.25, 0.3) is 0 Å². The van der Waals surface area contributed by atoms with E-state index >= 15 is 0 Å². The molecule has 0 aliphatic carbocycles. The van der Waals surface area contributed by atoms with Crippen LogP contribution in [0.1, 0.15) is 0 Å². The monoisotopic (exact) mass is 668 g/mol. The molecule has 6 aromatic carbocycles. The fourth-order valence-corrected chi connectivity index (χ4v) is 12.9. The zero-order valence-electron chi connectivity index (χ0n) is 27.3. The first kappa shape index (κ1) is 28.2. The number of hydrogen-bond acceptors (Lipinski definition) is 4. The van der Waals surface area contributed by atoms with Crippen molar-refractivity contribution in [3.05, 3.63) is 170 Å². The van der Waals surface area contributed by atoms with Crippen LogP contribution in [0, 0.1) is 0 Å². The molecule has 5 heterocycles. The zero-order chi connectivity index (χ0) is 33.5. The van der Waals surface area contributed by atoms with Gasteiger partial charge in [0, 0.05) is 39.2 Å². The molecule has 0 saturated heterocycles. The van der Waals surface area contributed by atoms with Gasteiger partial charge in [-0.2, -0.15) is 0 Å². The summed E-state index contributed by atoms with van der Waals surface area (Å²) >= 11 is 0. The van der Waals surface area contributed by atoms with Crippen molar-refractivity contribution in [1.82, 2.24) is 29.1 Å². The molecule has 6 nitrogen and oxygen atoms in total. The third-order valence-electron chi connectivity index (χ3n) is 10.4. The first-order valence-corrected chi connectivity index (χ1v) is 19.2. The average molecular weight is 669 g/mol. The summed E-state index contributed by atoms with van der Waals surface area (Å²) in [7, 11) is -3.14. The number of nitrogens with zero attached hydrogens (tertiary/aromatic N) is 6. The van der Waals surface area contributed by atoms with E-state index in [0.29, 0.717) is 0 Å². The van der Waals surface area contributed by atoms with Crippen LogP contribution < -0.4 is 21.1 Å². The van der Waals surface area contributed by atoms with Crippen LogP contribution in [0.2, 0.25) is 0 Å². The molecule has 238 valence electrons. The van der Waals surface area contributed by atoms with Gasteiger partial charge >= 0.3 is 0 Å². The Morgan fingerprint density at radius 3 is 2.06 bits per heavy atom. The summed E-state index contributed by atoms with van der Waals surface area (Å²) in [5.74, 6) is 0.898. The Labute approximate surface area is 294 Å². The Morgan fingerprint density at radius 1 is 0.490 bits per heavy atom. The molecule has 1 unspecified atom stereocenters. The average Bonchev–Trinajstić information content (AvgIpc) is 3.87. The van der Waals surface area contributed by atoms with Gasteiger partial charge in [0.05, 0.1) is 33.1 Å². The van der Waals surface area contributed by atoms with Crippen molar-refractivity contribution < 1.29 is 0 Å². The minimum Gasteiger partial charge on any atom is -0.299 e. The van der Waals surface area contributed by atoms with Crippen molar-refractivity contribution in [2.45, 2.75) is 0 Å². The lowest BCUT2D eigenvalue weighted by molar-refractivity contribution is 1.10. The Bertz CT molecular complexity index is 3000. The molecule has 0 bridgehead atoms. The van der Waals surface area contributed by atoms with E-state index in [9.17, 15) is 0 Å². The van der Waals surface area contributed by atoms with Crippen LogP contribution in [0.4, 0.5) is 0 Å². The van der Waals surface area contributed by atoms with Gasteiger partial charge in [0.1, 0.15) is 11.3 Å². The summed E-state index contributed by atoms with van der Waals surface area (Å²) in [4.78, 5) is 21.2. The smallest absolute Gasteiger partial charge is 0.247 e. The highest BCUT2D eigenvalue weighted by molar-refractivity contribution is 7.20. The zero-order valence-corrected chi connectivity index (χ0v) is 28.3. The predicted octanol–water partition coefficient (Wildman–Crippen LogP) is 6.82. The van der Waals surface area contributed by atoms with Crippen LogP contribution >= 0.6 is 0 Å². The van der Waals surface area contributed by atoms with Crippen LogP contribution in [0.15, 0.2) is 170 Å². The number of fused-ring (bicyclic) bond motifs is 9. The van der Waals surface area contributed by atoms with Crippen LogP contribution in [0.25, 0.3) is 66.6 Å². The molecule has 7 heteroatoms. The Morgan fingerprint density at radius 2 is 1.20 bits per heavy atom. The molecular formula is C44H28N6Si. The molecule has 0 radical (unpaired) electrons. The lowest BCUT2D eigenvalue weighted by Crippen LogP contribution is -2.74. The third-order valence-corrected chi connectivity index (χ3v) is 14.9. The maximum atomic E-state index is 5.63. The molecule has 1 aliphatic rings. The number of benzene rings is 6. The molecule has 0 N–H and O–H groups in total. The summed E-state index contributed by atoms with van der Waals surface area (Å²) < 4.78 is 4.66. The van der Waals surface area contributed by atoms with Crippen molar-refractivity contribution >= 4 is 73.1 Å². The number of hydrogen-bond donors (Lipinski definition) is 0. The third kappa shape index (κ3) is 3.92. The number of imidazole rings is 2. The van der Waals surface area contributed by atoms with E-state index in [1.165, 1.54) is 10.4 Å². The summed E-state index contributed by atoms with van der Waals surface area (Å²) in [6.45, 7) is 0. The van der Waals surface area contributed by atoms with Crippen LogP contribution in [0.5, 0.6) is 0 Å². The normalized spacial score (nSPS) is 15.1. The number of para-hydroxylation sites is 6. The lowest BCUT2D eigenvalue weighted by Gasteiger charge is -2.28. The van der Waals surface area contributed by atoms with E-state index < -0.39 is 8.07 Å². The first-order valence-electron chi connectivity index (χ1n) is 17.2. The molecule has 51 heavy (non-hydrogen) atoms. The van der Waals surface area contributed by atoms with Gasteiger partial charge in [0.15, 0.2) is 0 Å². The molecule has 0 saturated carbocycles. The summed E-state index contributed by atoms with van der Waals surface area (Å²) in [5.41, 5.74) is 10.3. The van der Waals surface area contributed by atoms with Crippen molar-refractivity contribution in [1.29, 1.82) is 0 Å². The number of aromatic nitrogens is 6. The Hall–Kier alpha value is -6.70. The van der Waals surface area contributed by atoms with Crippen molar-refractivity contribution in [2.24, 2.45) is 0 Å². The number of rotatable bonds is 4. The predicted molar refractivity (Wildman–Crippen MR) is 209 cm³/mol. The molecule has 1 atom stereocenters. The highest BCUT2D eigenvalue weighted by Gasteiger charge is 2.53. The minimum absolute atomic E-state index is 0.898. The van der Waals surface area contributed by atoms with E-state index in [2.05, 4.69) is 167 Å². The maximum Gasteiger partial charge on any atom is 0.247 e. The fourth-order valence-electron chi connectivity index (χ4n) is 8.19. The number of pyridine rings is 2. The standard InChI is InChI=1S/C44H28N6Si/c1-2-14-32(15-3-1)49-36-19-6-4-17-34(36)46-43(49)31-12-10-16-33(28-31)51(40-26-25-30-24-23-29-13-11-27-45-41(29)42(30)48-40)39-22-9-8-21-38(39)50-37-20-7-5-18-35(37)47-44(50)51/h1-28H. The van der Waals surface area contributed by atoms with E-state index in [1.54, 1.807) is 0 Å². The molecule has 0 spiro atoms. The van der Waals surface area contributed by atoms with Crippen LogP contribution in [-0.4, -0.2) is 37.1 Å². The summed E-state index contributed by atoms with van der Waals surface area (Å²) in [6.07, 6.45) is 1.86. The van der Waals surface area contributed by atoms with Gasteiger partial charge < -0.3 is 0 Å². The van der Waals surface area contributed by atoms with Gasteiger partial charge in [-0.3, -0.25) is 19.1 Å². The van der Waals surface area contributed by atoms with Crippen molar-refractivity contribution in [2.75, 3.05) is 0 Å². The van der Waals surface area contributed by atoms with Crippen LogP contribution in [-0.2, 0) is 0 Å². The van der Waals surface area contributed by atoms with E-state index in [-0.39, 0.29) is 0 Å². The van der Waals surface area contributed by atoms with Gasteiger partial charge in [-0.25, -0.2) is 9.97 Å². The summed E-state index contributed by atoms with van der Waals surface area (Å²) in [6, 6.07) is 58.0. The summed E-state index contributed by atoms with van der Waals surface area (Å²) in [5, 5.41) is 5.65. The molecule has 0 fully saturated rings. The largest absolute Gasteiger partial charge is 0.299 e. The molecule has 11 rings (SSSR count). The van der Waals surface area contributed by atoms with Gasteiger partial charge in [0.2, 0.25) is 8.07 Å². The maximum absolute atomic E-state index is 5.63. The molecule has 0 amide bonds. The van der Waals surface area contributed by atoms with Crippen molar-refractivity contribution in [3.63, 3.8) is 0 Å². The first-order chi connectivity index (χ1) is 25.3. The topological polar surface area (TPSA) is 61.4 Å². The highest BCUT2D eigenvalue weighted by Crippen LogP contribution is 2.31. The Kier molecular flexibility index (Phi) is 5.88. The Balaban J connectivity index is 1.26. The molecule has 10 aromatic rings. The van der Waals surface area contributed by atoms with Gasteiger partial charge in [-0.05, 0) is 65.0 Å². The second kappa shape index (κ2) is 10.6. The van der Waals surface area contributed by atoms with E-state index in [1.807, 2.05) is 12.3 Å². The fraction of sp³-hybridized carbons (Fsp3) is 0. The molecule has 1 aliphatic heterocycles. The minimum atomic E-state index is -3.14. The second-order valence-electron chi connectivity index (χ2n) is 13.1. The van der Waals surface area contributed by atoms with E-state index in [4.69, 9.17) is 19.9 Å². The molecule has 4 aromatic heterocycles. The lowest BCUT2D eigenvalue weighted by atomic mass is 10.1. The molecular weight excluding hydrogens is 641 g/mol. The highest BCUT2D eigenvalue weighted by atomic mass is 28.3. The second-order valence-corrected chi connectivity index (χ2v) is 16.7.